The lowest BCUT2D eigenvalue weighted by molar-refractivity contribution is 0.103. The standard InChI is InChI=1S/C17H15NO2/c1-10-11(2)20-12(3)16(10)17(19)15-9-18-8-13-6-4-5-7-14(13)15/h4-9H,1-3H3. The average Bonchev–Trinajstić information content (AvgIpc) is 2.71. The number of furan rings is 1. The highest BCUT2D eigenvalue weighted by atomic mass is 16.3. The fourth-order valence-electron chi connectivity index (χ4n) is 2.56. The number of carbonyl (C=O) groups excluding carboxylic acids is 1. The van der Waals surface area contributed by atoms with E-state index >= 15 is 0 Å². The van der Waals surface area contributed by atoms with Gasteiger partial charge in [-0.3, -0.25) is 9.78 Å². The third kappa shape index (κ3) is 1.83. The van der Waals surface area contributed by atoms with E-state index in [1.165, 1.54) is 0 Å². The maximum atomic E-state index is 12.8. The van der Waals surface area contributed by atoms with E-state index in [9.17, 15) is 4.79 Å². The summed E-state index contributed by atoms with van der Waals surface area (Å²) in [5, 5.41) is 1.89. The van der Waals surface area contributed by atoms with Gasteiger partial charge >= 0.3 is 0 Å². The van der Waals surface area contributed by atoms with Gasteiger partial charge in [0.15, 0.2) is 5.78 Å². The van der Waals surface area contributed by atoms with Crippen molar-refractivity contribution in [3.05, 3.63) is 64.9 Å². The van der Waals surface area contributed by atoms with Gasteiger partial charge in [-0.15, -0.1) is 0 Å². The number of aromatic nitrogens is 1. The van der Waals surface area contributed by atoms with Gasteiger partial charge in [-0.1, -0.05) is 24.3 Å². The molecule has 2 heterocycles. The van der Waals surface area contributed by atoms with E-state index in [1.54, 1.807) is 12.4 Å². The quantitative estimate of drug-likeness (QED) is 0.658. The molecule has 0 radical (unpaired) electrons. The largest absolute Gasteiger partial charge is 0.466 e. The van der Waals surface area contributed by atoms with Gasteiger partial charge in [-0.2, -0.15) is 0 Å². The number of rotatable bonds is 2. The van der Waals surface area contributed by atoms with Gasteiger partial charge in [-0.05, 0) is 26.2 Å². The lowest BCUT2D eigenvalue weighted by Gasteiger charge is -2.05. The molecule has 0 aliphatic heterocycles. The first kappa shape index (κ1) is 12.6. The number of benzene rings is 1. The number of carbonyl (C=O) groups is 1. The van der Waals surface area contributed by atoms with Crippen molar-refractivity contribution in [2.45, 2.75) is 20.8 Å². The zero-order chi connectivity index (χ0) is 14.3. The molecule has 1 aromatic carbocycles. The van der Waals surface area contributed by atoms with Crippen LogP contribution in [0.1, 0.15) is 33.0 Å². The molecule has 3 heteroatoms. The molecule has 0 aliphatic carbocycles. The van der Waals surface area contributed by atoms with E-state index in [2.05, 4.69) is 4.98 Å². The van der Waals surface area contributed by atoms with E-state index < -0.39 is 0 Å². The van der Waals surface area contributed by atoms with Gasteiger partial charge in [0.2, 0.25) is 0 Å². The number of fused-ring (bicyclic) bond motifs is 1. The second kappa shape index (κ2) is 4.60. The molecular formula is C17H15NO2. The summed E-state index contributed by atoms with van der Waals surface area (Å²) in [7, 11) is 0. The molecule has 20 heavy (non-hydrogen) atoms. The fraction of sp³-hybridized carbons (Fsp3) is 0.176. The molecule has 0 spiro atoms. The van der Waals surface area contributed by atoms with Crippen LogP contribution >= 0.6 is 0 Å². The Morgan fingerprint density at radius 3 is 2.50 bits per heavy atom. The molecule has 0 saturated heterocycles. The predicted octanol–water partition coefficient (Wildman–Crippen LogP) is 3.98. The Morgan fingerprint density at radius 1 is 1.05 bits per heavy atom. The maximum absolute atomic E-state index is 12.8. The van der Waals surface area contributed by atoms with Gasteiger partial charge in [0, 0.05) is 28.9 Å². The van der Waals surface area contributed by atoms with Crippen LogP contribution in [-0.4, -0.2) is 10.8 Å². The smallest absolute Gasteiger partial charge is 0.198 e. The Bertz CT molecular complexity index is 810. The van der Waals surface area contributed by atoms with E-state index in [1.807, 2.05) is 45.0 Å². The topological polar surface area (TPSA) is 43.1 Å². The Balaban J connectivity index is 2.23. The summed E-state index contributed by atoms with van der Waals surface area (Å²) >= 11 is 0. The van der Waals surface area contributed by atoms with Crippen molar-refractivity contribution in [1.82, 2.24) is 4.98 Å². The number of nitrogens with zero attached hydrogens (tertiary/aromatic N) is 1. The lowest BCUT2D eigenvalue weighted by Crippen LogP contribution is -2.05. The van der Waals surface area contributed by atoms with Crippen LogP contribution < -0.4 is 0 Å². The fourth-order valence-corrected chi connectivity index (χ4v) is 2.56. The summed E-state index contributed by atoms with van der Waals surface area (Å²) in [6.07, 6.45) is 3.40. The van der Waals surface area contributed by atoms with Gasteiger partial charge in [0.25, 0.3) is 0 Å². The predicted molar refractivity (Wildman–Crippen MR) is 78.1 cm³/mol. The number of ketones is 1. The highest BCUT2D eigenvalue weighted by Gasteiger charge is 2.21. The minimum Gasteiger partial charge on any atom is -0.466 e. The van der Waals surface area contributed by atoms with Crippen LogP contribution in [0, 0.1) is 20.8 Å². The maximum Gasteiger partial charge on any atom is 0.198 e. The van der Waals surface area contributed by atoms with E-state index in [0.29, 0.717) is 16.9 Å². The van der Waals surface area contributed by atoms with Crippen molar-refractivity contribution in [3.63, 3.8) is 0 Å². The van der Waals surface area contributed by atoms with Crippen LogP contribution in [0.4, 0.5) is 0 Å². The number of aryl methyl sites for hydroxylation is 2. The summed E-state index contributed by atoms with van der Waals surface area (Å²) in [5.41, 5.74) is 2.18. The van der Waals surface area contributed by atoms with Gasteiger partial charge < -0.3 is 4.42 Å². The number of hydrogen-bond acceptors (Lipinski definition) is 3. The summed E-state index contributed by atoms with van der Waals surface area (Å²) in [6, 6.07) is 7.78. The minimum atomic E-state index is -0.0267. The molecular weight excluding hydrogens is 250 g/mol. The first-order valence-corrected chi connectivity index (χ1v) is 6.53. The van der Waals surface area contributed by atoms with E-state index in [4.69, 9.17) is 4.42 Å². The minimum absolute atomic E-state index is 0.0267. The second-order valence-electron chi connectivity index (χ2n) is 4.95. The van der Waals surface area contributed by atoms with Crippen LogP contribution in [0.2, 0.25) is 0 Å². The van der Waals surface area contributed by atoms with Crippen LogP contribution in [0.3, 0.4) is 0 Å². The van der Waals surface area contributed by atoms with Gasteiger partial charge in [0.1, 0.15) is 11.5 Å². The Morgan fingerprint density at radius 2 is 1.80 bits per heavy atom. The van der Waals surface area contributed by atoms with E-state index in [0.717, 1.165) is 22.1 Å². The van der Waals surface area contributed by atoms with Crippen molar-refractivity contribution >= 4 is 16.6 Å². The first-order chi connectivity index (χ1) is 9.59. The highest BCUT2D eigenvalue weighted by Crippen LogP contribution is 2.26. The van der Waals surface area contributed by atoms with Crippen molar-refractivity contribution in [1.29, 1.82) is 0 Å². The molecule has 0 atom stereocenters. The molecule has 0 aliphatic rings. The van der Waals surface area contributed by atoms with Crippen LogP contribution in [0.25, 0.3) is 10.8 Å². The first-order valence-electron chi connectivity index (χ1n) is 6.53. The van der Waals surface area contributed by atoms with Crippen LogP contribution in [0.15, 0.2) is 41.1 Å². The molecule has 0 amide bonds. The molecule has 3 nitrogen and oxygen atoms in total. The monoisotopic (exact) mass is 265 g/mol. The number of hydrogen-bond donors (Lipinski definition) is 0. The number of pyridine rings is 1. The van der Waals surface area contributed by atoms with Crippen molar-refractivity contribution in [3.8, 4) is 0 Å². The molecule has 0 unspecified atom stereocenters. The zero-order valence-corrected chi connectivity index (χ0v) is 11.7. The van der Waals surface area contributed by atoms with Crippen molar-refractivity contribution in [2.24, 2.45) is 0 Å². The molecule has 100 valence electrons. The zero-order valence-electron chi connectivity index (χ0n) is 11.7. The third-order valence-electron chi connectivity index (χ3n) is 3.70. The summed E-state index contributed by atoms with van der Waals surface area (Å²) in [4.78, 5) is 17.0. The lowest BCUT2D eigenvalue weighted by atomic mass is 9.97. The van der Waals surface area contributed by atoms with E-state index in [-0.39, 0.29) is 5.78 Å². The summed E-state index contributed by atoms with van der Waals surface area (Å²) in [5.74, 6) is 1.43. The van der Waals surface area contributed by atoms with Gasteiger partial charge in [0.05, 0.1) is 5.56 Å². The summed E-state index contributed by atoms with van der Waals surface area (Å²) < 4.78 is 5.56. The molecule has 0 N–H and O–H groups in total. The molecule has 0 fully saturated rings. The Kier molecular flexibility index (Phi) is 2.90. The van der Waals surface area contributed by atoms with Gasteiger partial charge in [-0.25, -0.2) is 0 Å². The summed E-state index contributed by atoms with van der Waals surface area (Å²) in [6.45, 7) is 5.61. The molecule has 2 aromatic heterocycles. The average molecular weight is 265 g/mol. The van der Waals surface area contributed by atoms with Crippen LogP contribution in [-0.2, 0) is 0 Å². The second-order valence-corrected chi connectivity index (χ2v) is 4.95. The van der Waals surface area contributed by atoms with Crippen LogP contribution in [0.5, 0.6) is 0 Å². The van der Waals surface area contributed by atoms with Crippen molar-refractivity contribution < 1.29 is 9.21 Å². The molecule has 0 bridgehead atoms. The highest BCUT2D eigenvalue weighted by molar-refractivity contribution is 6.17. The molecule has 0 saturated carbocycles. The molecule has 3 rings (SSSR count). The Labute approximate surface area is 117 Å². The Hall–Kier alpha value is -2.42. The third-order valence-corrected chi connectivity index (χ3v) is 3.70. The van der Waals surface area contributed by atoms with Crippen molar-refractivity contribution in [2.75, 3.05) is 0 Å². The SMILES string of the molecule is Cc1oc(C)c(C(=O)c2cncc3ccccc23)c1C. The normalized spacial score (nSPS) is 10.9. The molecule has 3 aromatic rings.